The van der Waals surface area contributed by atoms with Gasteiger partial charge in [0, 0.05) is 5.02 Å². The van der Waals surface area contributed by atoms with Gasteiger partial charge in [0.2, 0.25) is 0 Å². The van der Waals surface area contributed by atoms with E-state index in [1.807, 2.05) is 0 Å². The van der Waals surface area contributed by atoms with Crippen molar-refractivity contribution in [1.29, 1.82) is 0 Å². The predicted molar refractivity (Wildman–Crippen MR) is 130 cm³/mol. The average molecular weight is 491 g/mol. The van der Waals surface area contributed by atoms with Crippen LogP contribution in [0.25, 0.3) is 6.08 Å². The molecule has 3 aromatic carbocycles. The summed E-state index contributed by atoms with van der Waals surface area (Å²) in [6.45, 7) is 1.75. The number of benzene rings is 3. The third kappa shape index (κ3) is 4.92. The maximum Gasteiger partial charge on any atom is 0.343 e. The van der Waals surface area contributed by atoms with Gasteiger partial charge in [-0.3, -0.25) is 14.9 Å². The number of amides is 4. The molecule has 0 aromatic heterocycles. The first-order valence-electron chi connectivity index (χ1n) is 10.4. The molecule has 9 heteroatoms. The third-order valence-electron chi connectivity index (χ3n) is 5.24. The van der Waals surface area contributed by atoms with Crippen LogP contribution in [0.1, 0.15) is 21.5 Å². The molecule has 35 heavy (non-hydrogen) atoms. The van der Waals surface area contributed by atoms with Gasteiger partial charge in [-0.1, -0.05) is 35.9 Å². The van der Waals surface area contributed by atoms with Crippen molar-refractivity contribution in [2.45, 2.75) is 6.92 Å². The number of halogens is 1. The Labute approximate surface area is 205 Å². The third-order valence-corrected chi connectivity index (χ3v) is 5.49. The minimum absolute atomic E-state index is 0.144. The maximum atomic E-state index is 13.1. The molecule has 0 saturated carbocycles. The molecule has 0 aliphatic carbocycles. The Morgan fingerprint density at radius 2 is 1.69 bits per heavy atom. The number of anilines is 1. The van der Waals surface area contributed by atoms with Crippen molar-refractivity contribution in [3.63, 3.8) is 0 Å². The molecule has 1 saturated heterocycles. The van der Waals surface area contributed by atoms with E-state index in [2.05, 4.69) is 5.32 Å². The van der Waals surface area contributed by atoms with Crippen LogP contribution in [-0.2, 0) is 9.59 Å². The minimum atomic E-state index is -0.825. The number of hydrogen-bond acceptors (Lipinski definition) is 6. The number of ether oxygens (including phenoxy) is 2. The number of methoxy groups -OCH3 is 1. The summed E-state index contributed by atoms with van der Waals surface area (Å²) in [7, 11) is 1.39. The molecule has 4 rings (SSSR count). The Kier molecular flexibility index (Phi) is 6.66. The molecule has 4 amide bonds. The minimum Gasteiger partial charge on any atom is -0.493 e. The lowest BCUT2D eigenvalue weighted by atomic mass is 10.1. The number of carbonyl (C=O) groups is 4. The van der Waals surface area contributed by atoms with E-state index in [1.54, 1.807) is 49.4 Å². The summed E-state index contributed by atoms with van der Waals surface area (Å²) in [5.74, 6) is -1.84. The number of nitrogens with zero attached hydrogens (tertiary/aromatic N) is 1. The fourth-order valence-corrected chi connectivity index (χ4v) is 3.59. The van der Waals surface area contributed by atoms with Crippen LogP contribution in [0.15, 0.2) is 72.3 Å². The lowest BCUT2D eigenvalue weighted by molar-refractivity contribution is -0.122. The highest BCUT2D eigenvalue weighted by atomic mass is 35.5. The average Bonchev–Trinajstić information content (AvgIpc) is 2.84. The highest BCUT2D eigenvalue weighted by Gasteiger charge is 2.37. The van der Waals surface area contributed by atoms with Gasteiger partial charge in [-0.15, -0.1) is 0 Å². The lowest BCUT2D eigenvalue weighted by Gasteiger charge is -2.27. The van der Waals surface area contributed by atoms with Gasteiger partial charge in [0.15, 0.2) is 11.5 Å². The van der Waals surface area contributed by atoms with E-state index in [0.717, 1.165) is 4.90 Å². The van der Waals surface area contributed by atoms with Crippen LogP contribution >= 0.6 is 11.6 Å². The Balaban J connectivity index is 1.63. The normalized spacial score (nSPS) is 14.7. The molecule has 3 aromatic rings. The molecular formula is C26H19ClN2O6. The number of aryl methyl sites for hydroxylation is 1. The second kappa shape index (κ2) is 9.82. The standard InChI is InChI=1S/C26H19ClN2O6/c1-15-5-3-4-6-20(15)29-24(31)19(23(30)28-26(29)33)13-16-7-12-21(22(14-16)34-2)35-25(32)17-8-10-18(27)11-9-17/h3-14H,1-2H3,(H,28,30,33)/b19-13+. The van der Waals surface area contributed by atoms with Gasteiger partial charge in [0.25, 0.3) is 11.8 Å². The largest absolute Gasteiger partial charge is 0.493 e. The maximum absolute atomic E-state index is 13.1. The Morgan fingerprint density at radius 3 is 2.37 bits per heavy atom. The zero-order valence-corrected chi connectivity index (χ0v) is 19.5. The van der Waals surface area contributed by atoms with Gasteiger partial charge in [-0.25, -0.2) is 14.5 Å². The van der Waals surface area contributed by atoms with E-state index >= 15 is 0 Å². The van der Waals surface area contributed by atoms with Crippen molar-refractivity contribution in [2.24, 2.45) is 0 Å². The summed E-state index contributed by atoms with van der Waals surface area (Å²) >= 11 is 5.85. The Hall–Kier alpha value is -4.43. The van der Waals surface area contributed by atoms with E-state index < -0.39 is 23.8 Å². The zero-order chi connectivity index (χ0) is 25.1. The van der Waals surface area contributed by atoms with Crippen molar-refractivity contribution in [1.82, 2.24) is 5.32 Å². The number of imide groups is 2. The Morgan fingerprint density at radius 1 is 0.971 bits per heavy atom. The second-order valence-electron chi connectivity index (χ2n) is 7.55. The highest BCUT2D eigenvalue weighted by Crippen LogP contribution is 2.31. The molecule has 0 atom stereocenters. The second-order valence-corrected chi connectivity index (χ2v) is 7.99. The van der Waals surface area contributed by atoms with Crippen LogP contribution in [0.4, 0.5) is 10.5 Å². The van der Waals surface area contributed by atoms with Crippen LogP contribution in [0.2, 0.25) is 5.02 Å². The van der Waals surface area contributed by atoms with E-state index in [9.17, 15) is 19.2 Å². The molecule has 1 aliphatic rings. The van der Waals surface area contributed by atoms with Crippen molar-refractivity contribution < 1.29 is 28.7 Å². The molecule has 1 heterocycles. The van der Waals surface area contributed by atoms with Crippen molar-refractivity contribution in [3.8, 4) is 11.5 Å². The first-order valence-corrected chi connectivity index (χ1v) is 10.8. The topological polar surface area (TPSA) is 102 Å². The van der Waals surface area contributed by atoms with Crippen molar-refractivity contribution in [3.05, 3.63) is 94.0 Å². The summed E-state index contributed by atoms with van der Waals surface area (Å²) in [6.07, 6.45) is 1.34. The van der Waals surface area contributed by atoms with Gasteiger partial charge in [0.1, 0.15) is 5.57 Å². The first kappa shape index (κ1) is 23.7. The van der Waals surface area contributed by atoms with Gasteiger partial charge in [0.05, 0.1) is 18.4 Å². The quantitative estimate of drug-likeness (QED) is 0.244. The molecule has 1 aliphatic heterocycles. The molecule has 0 radical (unpaired) electrons. The number of barbiturate groups is 1. The number of carbonyl (C=O) groups excluding carboxylic acids is 4. The predicted octanol–water partition coefficient (Wildman–Crippen LogP) is 4.54. The van der Waals surface area contributed by atoms with Crippen LogP contribution in [0.5, 0.6) is 11.5 Å². The van der Waals surface area contributed by atoms with Crippen LogP contribution in [-0.4, -0.2) is 30.9 Å². The smallest absolute Gasteiger partial charge is 0.343 e. The number of hydrogen-bond donors (Lipinski definition) is 1. The SMILES string of the molecule is COc1cc(/C=C2\C(=O)NC(=O)N(c3ccccc3C)C2=O)ccc1OC(=O)c1ccc(Cl)cc1. The number of urea groups is 1. The Bertz CT molecular complexity index is 1380. The van der Waals surface area contributed by atoms with Crippen molar-refractivity contribution in [2.75, 3.05) is 12.0 Å². The first-order chi connectivity index (χ1) is 16.8. The zero-order valence-electron chi connectivity index (χ0n) is 18.7. The number of esters is 1. The van der Waals surface area contributed by atoms with Crippen molar-refractivity contribution >= 4 is 47.2 Å². The molecular weight excluding hydrogens is 472 g/mol. The summed E-state index contributed by atoms with van der Waals surface area (Å²) in [6, 6.07) is 16.8. The summed E-state index contributed by atoms with van der Waals surface area (Å²) < 4.78 is 10.8. The van der Waals surface area contributed by atoms with Gasteiger partial charge < -0.3 is 9.47 Å². The van der Waals surface area contributed by atoms with Crippen LogP contribution in [0.3, 0.4) is 0 Å². The fraction of sp³-hybridized carbons (Fsp3) is 0.0769. The van der Waals surface area contributed by atoms with Crippen LogP contribution < -0.4 is 19.7 Å². The van der Waals surface area contributed by atoms with Gasteiger partial charge in [-0.05, 0) is 66.6 Å². The van der Waals surface area contributed by atoms with Gasteiger partial charge >= 0.3 is 12.0 Å². The number of nitrogens with one attached hydrogen (secondary N) is 1. The molecule has 1 fully saturated rings. The van der Waals surface area contributed by atoms with E-state index in [1.165, 1.54) is 37.5 Å². The van der Waals surface area contributed by atoms with E-state index in [4.69, 9.17) is 21.1 Å². The highest BCUT2D eigenvalue weighted by molar-refractivity contribution is 6.39. The molecule has 0 unspecified atom stereocenters. The molecule has 0 bridgehead atoms. The summed E-state index contributed by atoms with van der Waals surface area (Å²) in [5.41, 5.74) is 1.55. The summed E-state index contributed by atoms with van der Waals surface area (Å²) in [5, 5.41) is 2.68. The van der Waals surface area contributed by atoms with E-state index in [-0.39, 0.29) is 17.1 Å². The lowest BCUT2D eigenvalue weighted by Crippen LogP contribution is -2.54. The fourth-order valence-electron chi connectivity index (χ4n) is 3.46. The number of para-hydroxylation sites is 1. The van der Waals surface area contributed by atoms with Crippen LogP contribution in [0, 0.1) is 6.92 Å². The molecule has 0 spiro atoms. The summed E-state index contributed by atoms with van der Waals surface area (Å²) in [4.78, 5) is 51.4. The molecule has 176 valence electrons. The molecule has 8 nitrogen and oxygen atoms in total. The number of rotatable bonds is 5. The van der Waals surface area contributed by atoms with E-state index in [0.29, 0.717) is 27.4 Å². The van der Waals surface area contributed by atoms with Gasteiger partial charge in [-0.2, -0.15) is 0 Å². The molecule has 1 N–H and O–H groups in total. The monoisotopic (exact) mass is 490 g/mol.